The predicted octanol–water partition coefficient (Wildman–Crippen LogP) is 3.50. The Morgan fingerprint density at radius 2 is 1.85 bits per heavy atom. The van der Waals surface area contributed by atoms with Crippen LogP contribution in [0.25, 0.3) is 0 Å². The Balaban J connectivity index is 2.17. The maximum atomic E-state index is 11.5. The Labute approximate surface area is 118 Å². The second kappa shape index (κ2) is 6.14. The van der Waals surface area contributed by atoms with Crippen LogP contribution in [0.2, 0.25) is 0 Å². The predicted molar refractivity (Wildman–Crippen MR) is 79.7 cm³/mol. The van der Waals surface area contributed by atoms with Crippen molar-refractivity contribution in [2.45, 2.75) is 13.8 Å². The van der Waals surface area contributed by atoms with E-state index in [9.17, 15) is 5.21 Å². The molecule has 104 valence electrons. The molecule has 0 atom stereocenters. The van der Waals surface area contributed by atoms with Gasteiger partial charge in [0.05, 0.1) is 11.3 Å². The van der Waals surface area contributed by atoms with Crippen LogP contribution in [-0.4, -0.2) is 13.6 Å². The first-order chi connectivity index (χ1) is 9.60. The molecule has 20 heavy (non-hydrogen) atoms. The highest BCUT2D eigenvalue weighted by Crippen LogP contribution is 2.20. The second-order valence-electron chi connectivity index (χ2n) is 4.62. The maximum Gasteiger partial charge on any atom is 0.353 e. The summed E-state index contributed by atoms with van der Waals surface area (Å²) in [6.45, 7) is 4.95. The number of hydrogen-bond donors (Lipinski definition) is 0. The van der Waals surface area contributed by atoms with Gasteiger partial charge in [0, 0.05) is 25.3 Å². The average molecular weight is 270 g/mol. The Kier molecular flexibility index (Phi) is 4.30. The molecule has 5 nitrogen and oxygen atoms in total. The number of aryl methyl sites for hydroxylation is 1. The quantitative estimate of drug-likeness (QED) is 0.485. The van der Waals surface area contributed by atoms with Crippen molar-refractivity contribution < 1.29 is 4.73 Å². The largest absolute Gasteiger partial charge is 0.710 e. The van der Waals surface area contributed by atoms with Crippen LogP contribution in [-0.2, 0) is 0 Å². The van der Waals surface area contributed by atoms with Crippen LogP contribution in [0.5, 0.6) is 0 Å². The Morgan fingerprint density at radius 1 is 1.15 bits per heavy atom. The normalized spacial score (nSPS) is 10.9. The van der Waals surface area contributed by atoms with E-state index in [1.54, 1.807) is 12.1 Å². The Hall–Kier alpha value is -2.43. The van der Waals surface area contributed by atoms with E-state index in [2.05, 4.69) is 22.1 Å². The summed E-state index contributed by atoms with van der Waals surface area (Å²) in [6, 6.07) is 11.2. The standard InChI is InChI=1S/C15H18N4O/c1-4-18(3)14-7-5-13(6-8-14)16-17-15-11-12(2)9-10-19(15)20/h5-11H,4H2,1-3H3/b17-16+. The number of azo groups is 1. The third-order valence-corrected chi connectivity index (χ3v) is 3.09. The molecule has 1 aromatic heterocycles. The summed E-state index contributed by atoms with van der Waals surface area (Å²) in [5.74, 6) is 0.291. The highest BCUT2D eigenvalue weighted by atomic mass is 16.5. The van der Waals surface area contributed by atoms with Crippen molar-refractivity contribution >= 4 is 17.2 Å². The zero-order valence-corrected chi connectivity index (χ0v) is 11.9. The van der Waals surface area contributed by atoms with Crippen molar-refractivity contribution in [3.8, 4) is 0 Å². The third kappa shape index (κ3) is 3.32. The van der Waals surface area contributed by atoms with Crippen LogP contribution in [0.15, 0.2) is 52.8 Å². The zero-order chi connectivity index (χ0) is 14.5. The van der Waals surface area contributed by atoms with Gasteiger partial charge in [-0.1, -0.05) is 0 Å². The van der Waals surface area contributed by atoms with Gasteiger partial charge in [-0.3, -0.25) is 0 Å². The van der Waals surface area contributed by atoms with E-state index < -0.39 is 0 Å². The van der Waals surface area contributed by atoms with Gasteiger partial charge in [0.15, 0.2) is 0 Å². The monoisotopic (exact) mass is 270 g/mol. The lowest BCUT2D eigenvalue weighted by Crippen LogP contribution is -2.25. The molecule has 0 amide bonds. The fourth-order valence-corrected chi connectivity index (χ4v) is 1.72. The van der Waals surface area contributed by atoms with Crippen molar-refractivity contribution in [1.29, 1.82) is 0 Å². The number of pyridine rings is 1. The fraction of sp³-hybridized carbons (Fsp3) is 0.267. The summed E-state index contributed by atoms with van der Waals surface area (Å²) in [5, 5.41) is 19.6. The van der Waals surface area contributed by atoms with Crippen LogP contribution >= 0.6 is 0 Å². The summed E-state index contributed by atoms with van der Waals surface area (Å²) in [6.07, 6.45) is 1.43. The number of nitrogens with zero attached hydrogens (tertiary/aromatic N) is 4. The molecule has 2 aromatic rings. The number of rotatable bonds is 4. The molecule has 0 saturated carbocycles. The summed E-state index contributed by atoms with van der Waals surface area (Å²) < 4.78 is 0.704. The molecule has 1 aromatic carbocycles. The summed E-state index contributed by atoms with van der Waals surface area (Å²) in [7, 11) is 2.03. The number of benzene rings is 1. The Bertz CT molecular complexity index is 608. The lowest BCUT2D eigenvalue weighted by molar-refractivity contribution is -0.591. The van der Waals surface area contributed by atoms with Crippen LogP contribution in [0.1, 0.15) is 12.5 Å². The van der Waals surface area contributed by atoms with E-state index >= 15 is 0 Å². The van der Waals surface area contributed by atoms with Crippen molar-refractivity contribution in [3.05, 3.63) is 53.4 Å². The number of anilines is 1. The minimum atomic E-state index is 0.291. The molecule has 5 heteroatoms. The maximum absolute atomic E-state index is 11.5. The first-order valence-electron chi connectivity index (χ1n) is 6.53. The molecule has 0 unspecified atom stereocenters. The van der Waals surface area contributed by atoms with Crippen LogP contribution < -0.4 is 9.63 Å². The van der Waals surface area contributed by atoms with Gasteiger partial charge in [0.1, 0.15) is 5.69 Å². The molecule has 0 fully saturated rings. The number of aromatic nitrogens is 1. The number of hydrogen-bond acceptors (Lipinski definition) is 4. The van der Waals surface area contributed by atoms with Crippen LogP contribution in [0, 0.1) is 12.1 Å². The molecule has 0 aliphatic heterocycles. The lowest BCUT2D eigenvalue weighted by Gasteiger charge is -2.15. The molecule has 2 rings (SSSR count). The minimum absolute atomic E-state index is 0.291. The van der Waals surface area contributed by atoms with Crippen LogP contribution in [0.4, 0.5) is 17.2 Å². The van der Waals surface area contributed by atoms with Crippen molar-refractivity contribution in [2.75, 3.05) is 18.5 Å². The molecule has 0 saturated heterocycles. The summed E-state index contributed by atoms with van der Waals surface area (Å²) in [5.41, 5.74) is 2.83. The minimum Gasteiger partial charge on any atom is -0.710 e. The van der Waals surface area contributed by atoms with E-state index in [4.69, 9.17) is 0 Å². The molecule has 0 radical (unpaired) electrons. The fourth-order valence-electron chi connectivity index (χ4n) is 1.72. The van der Waals surface area contributed by atoms with Gasteiger partial charge in [-0.25, -0.2) is 4.73 Å². The molecule has 0 bridgehead atoms. The van der Waals surface area contributed by atoms with Crippen molar-refractivity contribution in [2.24, 2.45) is 10.2 Å². The van der Waals surface area contributed by atoms with Gasteiger partial charge in [-0.05, 0) is 54.9 Å². The molecule has 0 N–H and O–H groups in total. The smallest absolute Gasteiger partial charge is 0.353 e. The van der Waals surface area contributed by atoms with E-state index in [0.29, 0.717) is 10.5 Å². The lowest BCUT2D eigenvalue weighted by atomic mass is 10.2. The molecule has 0 aliphatic rings. The van der Waals surface area contributed by atoms with E-state index in [1.165, 1.54) is 6.20 Å². The van der Waals surface area contributed by atoms with Crippen molar-refractivity contribution in [3.63, 3.8) is 0 Å². The molecular formula is C15H18N4O. The average Bonchev–Trinajstić information content (AvgIpc) is 2.48. The van der Waals surface area contributed by atoms with Gasteiger partial charge >= 0.3 is 5.82 Å². The van der Waals surface area contributed by atoms with E-state index in [-0.39, 0.29) is 0 Å². The summed E-state index contributed by atoms with van der Waals surface area (Å²) >= 11 is 0. The van der Waals surface area contributed by atoms with Crippen LogP contribution in [0.3, 0.4) is 0 Å². The molecule has 0 spiro atoms. The second-order valence-corrected chi connectivity index (χ2v) is 4.62. The van der Waals surface area contributed by atoms with Gasteiger partial charge in [0.2, 0.25) is 0 Å². The zero-order valence-electron chi connectivity index (χ0n) is 11.9. The first kappa shape index (κ1) is 14.0. The van der Waals surface area contributed by atoms with Gasteiger partial charge in [0.25, 0.3) is 0 Å². The van der Waals surface area contributed by atoms with E-state index in [0.717, 1.165) is 23.5 Å². The van der Waals surface area contributed by atoms with Gasteiger partial charge < -0.3 is 10.1 Å². The SMILES string of the molecule is CCN(C)c1ccc(/N=N/c2cc(C)cc[n+]2[O-])cc1. The molecule has 1 heterocycles. The highest BCUT2D eigenvalue weighted by Gasteiger charge is 2.05. The molecule has 0 aliphatic carbocycles. The Morgan fingerprint density at radius 3 is 2.50 bits per heavy atom. The topological polar surface area (TPSA) is 54.9 Å². The highest BCUT2D eigenvalue weighted by molar-refractivity contribution is 5.52. The molecular weight excluding hydrogens is 252 g/mol. The van der Waals surface area contributed by atoms with Crippen molar-refractivity contribution in [1.82, 2.24) is 0 Å². The third-order valence-electron chi connectivity index (χ3n) is 3.09. The van der Waals surface area contributed by atoms with E-state index in [1.807, 2.05) is 38.2 Å². The van der Waals surface area contributed by atoms with Gasteiger partial charge in [-0.15, -0.1) is 0 Å². The summed E-state index contributed by atoms with van der Waals surface area (Å²) in [4.78, 5) is 2.13. The first-order valence-corrected chi connectivity index (χ1v) is 6.53. The van der Waals surface area contributed by atoms with Gasteiger partial charge in [-0.2, -0.15) is 0 Å².